The Morgan fingerprint density at radius 2 is 1.68 bits per heavy atom. The monoisotopic (exact) mass is 312 g/mol. The van der Waals surface area contributed by atoms with Crippen molar-refractivity contribution in [2.75, 3.05) is 0 Å². The van der Waals surface area contributed by atoms with Gasteiger partial charge < -0.3 is 9.73 Å². The summed E-state index contributed by atoms with van der Waals surface area (Å²) in [4.78, 5) is 0. The highest BCUT2D eigenvalue weighted by molar-refractivity contribution is 6.33. The van der Waals surface area contributed by atoms with Crippen LogP contribution in [-0.4, -0.2) is 0 Å². The Kier molecular flexibility index (Phi) is 4.62. The van der Waals surface area contributed by atoms with Gasteiger partial charge in [-0.15, -0.1) is 0 Å². The number of nitrogens with two attached hydrogens (primary N) is 1. The molecule has 3 rings (SSSR count). The lowest BCUT2D eigenvalue weighted by atomic mass is 10.1. The van der Waals surface area contributed by atoms with Crippen molar-refractivity contribution >= 4 is 11.6 Å². The van der Waals surface area contributed by atoms with Crippen molar-refractivity contribution in [2.45, 2.75) is 20.0 Å². The Morgan fingerprint density at radius 1 is 0.909 bits per heavy atom. The molecule has 1 heterocycles. The minimum atomic E-state index is 0.715. The zero-order chi connectivity index (χ0) is 15.4. The third kappa shape index (κ3) is 3.59. The molecule has 0 saturated heterocycles. The van der Waals surface area contributed by atoms with Crippen LogP contribution >= 0.6 is 11.6 Å². The second-order valence-electron chi connectivity index (χ2n) is 5.43. The number of hydrogen-bond acceptors (Lipinski definition) is 1. The number of furan rings is 1. The fourth-order valence-corrected chi connectivity index (χ4v) is 2.63. The Labute approximate surface area is 135 Å². The molecule has 3 aromatic rings. The Morgan fingerprint density at radius 3 is 2.45 bits per heavy atom. The van der Waals surface area contributed by atoms with Crippen LogP contribution in [0.1, 0.15) is 16.9 Å². The lowest BCUT2D eigenvalue weighted by Crippen LogP contribution is -2.80. The highest BCUT2D eigenvalue weighted by Crippen LogP contribution is 2.28. The van der Waals surface area contributed by atoms with Crippen molar-refractivity contribution < 1.29 is 9.73 Å². The van der Waals surface area contributed by atoms with Crippen molar-refractivity contribution in [1.82, 2.24) is 0 Å². The van der Waals surface area contributed by atoms with E-state index >= 15 is 0 Å². The molecule has 0 aliphatic heterocycles. The fourth-order valence-electron chi connectivity index (χ4n) is 2.40. The first kappa shape index (κ1) is 14.9. The van der Waals surface area contributed by atoms with Gasteiger partial charge in [0.15, 0.2) is 5.76 Å². The number of hydrogen-bond donors (Lipinski definition) is 1. The molecule has 0 spiro atoms. The van der Waals surface area contributed by atoms with E-state index in [0.29, 0.717) is 5.02 Å². The third-order valence-corrected chi connectivity index (χ3v) is 3.98. The van der Waals surface area contributed by atoms with Crippen LogP contribution in [0.5, 0.6) is 0 Å². The highest BCUT2D eigenvalue weighted by atomic mass is 35.5. The quantitative estimate of drug-likeness (QED) is 0.753. The smallest absolute Gasteiger partial charge is 0.158 e. The molecule has 0 atom stereocenters. The van der Waals surface area contributed by atoms with Crippen molar-refractivity contribution in [1.29, 1.82) is 0 Å². The van der Waals surface area contributed by atoms with Crippen LogP contribution in [0, 0.1) is 6.92 Å². The van der Waals surface area contributed by atoms with Crippen LogP contribution in [-0.2, 0) is 13.1 Å². The number of benzene rings is 2. The van der Waals surface area contributed by atoms with Gasteiger partial charge in [-0.05, 0) is 31.2 Å². The summed E-state index contributed by atoms with van der Waals surface area (Å²) < 4.78 is 5.89. The molecule has 0 bridgehead atoms. The van der Waals surface area contributed by atoms with Crippen molar-refractivity contribution in [3.05, 3.63) is 82.6 Å². The van der Waals surface area contributed by atoms with Crippen LogP contribution in [0.15, 0.2) is 65.1 Å². The molecule has 1 aromatic heterocycles. The van der Waals surface area contributed by atoms with E-state index in [0.717, 1.165) is 30.2 Å². The average Bonchev–Trinajstić information content (AvgIpc) is 2.98. The van der Waals surface area contributed by atoms with E-state index in [1.54, 1.807) is 0 Å². The first-order chi connectivity index (χ1) is 10.7. The minimum Gasteiger partial charge on any atom is -0.455 e. The summed E-state index contributed by atoms with van der Waals surface area (Å²) >= 11 is 6.20. The zero-order valence-electron chi connectivity index (χ0n) is 12.6. The molecule has 0 amide bonds. The van der Waals surface area contributed by atoms with Crippen LogP contribution in [0.25, 0.3) is 11.3 Å². The molecule has 2 N–H and O–H groups in total. The van der Waals surface area contributed by atoms with E-state index in [9.17, 15) is 0 Å². The van der Waals surface area contributed by atoms with Crippen LogP contribution in [0.2, 0.25) is 5.02 Å². The van der Waals surface area contributed by atoms with E-state index in [-0.39, 0.29) is 0 Å². The van der Waals surface area contributed by atoms with Gasteiger partial charge in [0.25, 0.3) is 0 Å². The summed E-state index contributed by atoms with van der Waals surface area (Å²) in [6.45, 7) is 3.87. The summed E-state index contributed by atoms with van der Waals surface area (Å²) in [6.07, 6.45) is 0. The molecule has 3 heteroatoms. The lowest BCUT2D eigenvalue weighted by Gasteiger charge is -2.02. The number of rotatable bonds is 5. The SMILES string of the molecule is Cc1ccc(C[NH2+]Cc2ccc(-c3ccccc3Cl)o2)cc1. The predicted molar refractivity (Wildman–Crippen MR) is 89.7 cm³/mol. The van der Waals surface area contributed by atoms with Gasteiger partial charge in [0.05, 0.1) is 5.02 Å². The molecule has 2 nitrogen and oxygen atoms in total. The van der Waals surface area contributed by atoms with E-state index in [1.165, 1.54) is 11.1 Å². The predicted octanol–water partition coefficient (Wildman–Crippen LogP) is 4.17. The molecule has 22 heavy (non-hydrogen) atoms. The van der Waals surface area contributed by atoms with Crippen molar-refractivity contribution in [3.8, 4) is 11.3 Å². The van der Waals surface area contributed by atoms with Crippen LogP contribution in [0.3, 0.4) is 0 Å². The number of quaternary nitrogens is 1. The molecule has 0 radical (unpaired) electrons. The van der Waals surface area contributed by atoms with Crippen molar-refractivity contribution in [3.63, 3.8) is 0 Å². The Balaban J connectivity index is 1.60. The summed E-state index contributed by atoms with van der Waals surface area (Å²) in [5.74, 6) is 1.78. The van der Waals surface area contributed by atoms with E-state index < -0.39 is 0 Å². The molecule has 0 unspecified atom stereocenters. The molecular weight excluding hydrogens is 294 g/mol. The maximum absolute atomic E-state index is 6.20. The summed E-state index contributed by atoms with van der Waals surface area (Å²) in [5.41, 5.74) is 3.55. The number of aryl methyl sites for hydroxylation is 1. The first-order valence-electron chi connectivity index (χ1n) is 7.43. The second-order valence-corrected chi connectivity index (χ2v) is 5.84. The van der Waals surface area contributed by atoms with Crippen LogP contribution < -0.4 is 5.32 Å². The largest absolute Gasteiger partial charge is 0.455 e. The van der Waals surface area contributed by atoms with E-state index in [2.05, 4.69) is 36.5 Å². The normalized spacial score (nSPS) is 10.8. The van der Waals surface area contributed by atoms with Gasteiger partial charge in [0.2, 0.25) is 0 Å². The zero-order valence-corrected chi connectivity index (χ0v) is 13.3. The van der Waals surface area contributed by atoms with Gasteiger partial charge in [-0.3, -0.25) is 0 Å². The Hall–Kier alpha value is -2.03. The fraction of sp³-hybridized carbons (Fsp3) is 0.158. The van der Waals surface area contributed by atoms with Gasteiger partial charge in [0.1, 0.15) is 18.8 Å². The second kappa shape index (κ2) is 6.82. The van der Waals surface area contributed by atoms with Crippen LogP contribution in [0.4, 0.5) is 0 Å². The molecule has 0 aliphatic carbocycles. The highest BCUT2D eigenvalue weighted by Gasteiger charge is 2.08. The minimum absolute atomic E-state index is 0.715. The summed E-state index contributed by atoms with van der Waals surface area (Å²) in [7, 11) is 0. The standard InChI is InChI=1S/C19H18ClNO/c1-14-6-8-15(9-7-14)12-21-13-16-10-11-19(22-16)17-4-2-3-5-18(17)20/h2-11,21H,12-13H2,1H3/p+1. The molecule has 0 saturated carbocycles. The number of halogens is 1. The van der Waals surface area contributed by atoms with Gasteiger partial charge in [-0.25, -0.2) is 0 Å². The summed E-state index contributed by atoms with van der Waals surface area (Å²) in [5, 5.41) is 2.95. The maximum Gasteiger partial charge on any atom is 0.158 e. The van der Waals surface area contributed by atoms with Gasteiger partial charge >= 0.3 is 0 Å². The topological polar surface area (TPSA) is 29.8 Å². The average molecular weight is 313 g/mol. The molecule has 0 aliphatic rings. The van der Waals surface area contributed by atoms with Gasteiger partial charge in [0, 0.05) is 11.1 Å². The molecule has 112 valence electrons. The maximum atomic E-state index is 6.20. The van der Waals surface area contributed by atoms with E-state index in [4.69, 9.17) is 16.0 Å². The van der Waals surface area contributed by atoms with Gasteiger partial charge in [-0.1, -0.05) is 53.6 Å². The van der Waals surface area contributed by atoms with Gasteiger partial charge in [-0.2, -0.15) is 0 Å². The summed E-state index contributed by atoms with van der Waals surface area (Å²) in [6, 6.07) is 20.4. The molecule has 0 fully saturated rings. The van der Waals surface area contributed by atoms with E-state index in [1.807, 2.05) is 36.4 Å². The lowest BCUT2D eigenvalue weighted by molar-refractivity contribution is -0.687. The molecule has 2 aromatic carbocycles. The molecular formula is C19H19ClNO+. The third-order valence-electron chi connectivity index (χ3n) is 3.65. The van der Waals surface area contributed by atoms with Crippen molar-refractivity contribution in [2.24, 2.45) is 0 Å². The Bertz CT molecular complexity index is 746. The first-order valence-corrected chi connectivity index (χ1v) is 7.81.